The van der Waals surface area contributed by atoms with Crippen molar-refractivity contribution in [3.05, 3.63) is 30.3 Å². The van der Waals surface area contributed by atoms with Crippen LogP contribution >= 0.6 is 35.0 Å². The van der Waals surface area contributed by atoms with Gasteiger partial charge in [0, 0.05) is 4.90 Å². The maximum Gasteiger partial charge on any atom is 0.175 e. The van der Waals surface area contributed by atoms with Crippen LogP contribution in [-0.4, -0.2) is 16.4 Å². The molecule has 0 unspecified atom stereocenters. The van der Waals surface area contributed by atoms with E-state index in [4.69, 9.17) is 23.2 Å². The van der Waals surface area contributed by atoms with Crippen molar-refractivity contribution in [1.29, 1.82) is 0 Å². The quantitative estimate of drug-likeness (QED) is 0.589. The number of hydrogen-bond donors (Lipinski definition) is 0. The van der Waals surface area contributed by atoms with E-state index in [2.05, 4.69) is 0 Å². The molecule has 0 radical (unpaired) electrons. The summed E-state index contributed by atoms with van der Waals surface area (Å²) in [6.45, 7) is 0. The van der Waals surface area contributed by atoms with E-state index in [9.17, 15) is 4.79 Å². The van der Waals surface area contributed by atoms with E-state index in [1.54, 1.807) is 0 Å². The number of Topliss-reactive ketones (excluding diaryl/α,β-unsaturated/α-hetero) is 1. The minimum Gasteiger partial charge on any atom is -0.296 e. The first-order valence-electron chi connectivity index (χ1n) is 3.69. The molecule has 0 spiro atoms. The third-order valence-electron chi connectivity index (χ3n) is 1.37. The molecule has 1 aromatic carbocycles. The van der Waals surface area contributed by atoms with Gasteiger partial charge in [0.25, 0.3) is 0 Å². The van der Waals surface area contributed by atoms with Crippen LogP contribution in [0.1, 0.15) is 0 Å². The van der Waals surface area contributed by atoms with Crippen LogP contribution in [0.5, 0.6) is 0 Å². The Kier molecular flexibility index (Phi) is 4.64. The van der Waals surface area contributed by atoms with Gasteiger partial charge in [-0.15, -0.1) is 11.8 Å². The zero-order valence-corrected chi connectivity index (χ0v) is 9.07. The van der Waals surface area contributed by atoms with Gasteiger partial charge in [0.1, 0.15) is 0 Å². The summed E-state index contributed by atoms with van der Waals surface area (Å²) in [4.78, 5) is 11.2. The van der Waals surface area contributed by atoms with Crippen LogP contribution in [0.2, 0.25) is 0 Å². The number of benzene rings is 1. The molecule has 70 valence electrons. The van der Waals surface area contributed by atoms with Crippen molar-refractivity contribution < 1.29 is 4.79 Å². The van der Waals surface area contributed by atoms with Crippen LogP contribution in [0, 0.1) is 0 Å². The maximum absolute atomic E-state index is 11.0. The van der Waals surface area contributed by atoms with Crippen molar-refractivity contribution in [2.45, 2.75) is 9.73 Å². The molecule has 1 rings (SSSR count). The first-order chi connectivity index (χ1) is 6.20. The first kappa shape index (κ1) is 10.9. The number of alkyl halides is 2. The lowest BCUT2D eigenvalue weighted by molar-refractivity contribution is -0.115. The van der Waals surface area contributed by atoms with E-state index in [0.717, 1.165) is 4.90 Å². The summed E-state index contributed by atoms with van der Waals surface area (Å²) in [5, 5.41) is 0. The van der Waals surface area contributed by atoms with E-state index in [0.29, 0.717) is 5.75 Å². The van der Waals surface area contributed by atoms with Crippen LogP contribution < -0.4 is 0 Å². The molecule has 0 fully saturated rings. The molecule has 0 aliphatic heterocycles. The van der Waals surface area contributed by atoms with Crippen molar-refractivity contribution in [3.8, 4) is 0 Å². The second-order valence-corrected chi connectivity index (χ2v) is 4.51. The van der Waals surface area contributed by atoms with Gasteiger partial charge in [-0.25, -0.2) is 0 Å². The molecule has 0 aliphatic rings. The highest BCUT2D eigenvalue weighted by molar-refractivity contribution is 8.00. The highest BCUT2D eigenvalue weighted by Crippen LogP contribution is 2.18. The standard InChI is InChI=1S/C9H8Cl2OS/c10-9(11)8(12)6-13-7-4-2-1-3-5-7/h1-5,9H,6H2. The van der Waals surface area contributed by atoms with Gasteiger partial charge in [0.05, 0.1) is 5.75 Å². The average Bonchev–Trinajstić information content (AvgIpc) is 2.15. The summed E-state index contributed by atoms with van der Waals surface area (Å²) >= 11 is 12.2. The van der Waals surface area contributed by atoms with Gasteiger partial charge >= 0.3 is 0 Å². The number of ketones is 1. The fraction of sp³-hybridized carbons (Fsp3) is 0.222. The Balaban J connectivity index is 2.40. The Labute approximate surface area is 91.4 Å². The molecule has 0 saturated heterocycles. The fourth-order valence-corrected chi connectivity index (χ4v) is 1.90. The molecule has 1 aromatic rings. The van der Waals surface area contributed by atoms with E-state index in [1.165, 1.54) is 11.8 Å². The maximum atomic E-state index is 11.0. The molecule has 0 amide bonds. The number of thioether (sulfide) groups is 1. The summed E-state index contributed by atoms with van der Waals surface area (Å²) in [6, 6.07) is 9.65. The topological polar surface area (TPSA) is 17.1 Å². The van der Waals surface area contributed by atoms with E-state index in [1.807, 2.05) is 30.3 Å². The van der Waals surface area contributed by atoms with Crippen LogP contribution in [-0.2, 0) is 4.79 Å². The molecule has 0 aromatic heterocycles. The largest absolute Gasteiger partial charge is 0.296 e. The second kappa shape index (κ2) is 5.53. The summed E-state index contributed by atoms with van der Waals surface area (Å²) < 4.78 is 0. The van der Waals surface area contributed by atoms with Gasteiger partial charge in [0.15, 0.2) is 10.6 Å². The normalized spacial score (nSPS) is 10.4. The van der Waals surface area contributed by atoms with Crippen LogP contribution in [0.3, 0.4) is 0 Å². The molecule has 0 atom stereocenters. The number of rotatable bonds is 4. The lowest BCUT2D eigenvalue weighted by Gasteiger charge is -2.00. The number of carbonyl (C=O) groups is 1. The first-order valence-corrected chi connectivity index (χ1v) is 5.54. The van der Waals surface area contributed by atoms with Gasteiger partial charge in [-0.2, -0.15) is 0 Å². The van der Waals surface area contributed by atoms with Crippen molar-refractivity contribution in [3.63, 3.8) is 0 Å². The highest BCUT2D eigenvalue weighted by Gasteiger charge is 2.11. The number of hydrogen-bond acceptors (Lipinski definition) is 2. The summed E-state index contributed by atoms with van der Waals surface area (Å²) in [6.07, 6.45) is 0. The van der Waals surface area contributed by atoms with Crippen molar-refractivity contribution in [2.75, 3.05) is 5.75 Å². The van der Waals surface area contributed by atoms with Crippen molar-refractivity contribution in [1.82, 2.24) is 0 Å². The van der Waals surface area contributed by atoms with Gasteiger partial charge in [-0.05, 0) is 12.1 Å². The van der Waals surface area contributed by atoms with Gasteiger partial charge in [0.2, 0.25) is 0 Å². The highest BCUT2D eigenvalue weighted by atomic mass is 35.5. The van der Waals surface area contributed by atoms with Crippen molar-refractivity contribution >= 4 is 40.7 Å². The van der Waals surface area contributed by atoms with Gasteiger partial charge < -0.3 is 0 Å². The molecule has 0 saturated carbocycles. The molecule has 0 N–H and O–H groups in total. The SMILES string of the molecule is O=C(CSc1ccccc1)C(Cl)Cl. The summed E-state index contributed by atoms with van der Waals surface area (Å²) in [7, 11) is 0. The van der Waals surface area contributed by atoms with E-state index < -0.39 is 4.84 Å². The molecular weight excluding hydrogens is 227 g/mol. The third kappa shape index (κ3) is 4.03. The third-order valence-corrected chi connectivity index (χ3v) is 2.89. The zero-order chi connectivity index (χ0) is 9.68. The lowest BCUT2D eigenvalue weighted by Crippen LogP contribution is -2.09. The minimum absolute atomic E-state index is 0.155. The van der Waals surface area contributed by atoms with Crippen LogP contribution in [0.4, 0.5) is 0 Å². The minimum atomic E-state index is -0.906. The summed E-state index contributed by atoms with van der Waals surface area (Å²) in [5.74, 6) is 0.166. The Bertz CT molecular complexity index is 274. The zero-order valence-electron chi connectivity index (χ0n) is 6.74. The number of carbonyl (C=O) groups excluding carboxylic acids is 1. The van der Waals surface area contributed by atoms with E-state index in [-0.39, 0.29) is 5.78 Å². The predicted molar refractivity (Wildman–Crippen MR) is 57.7 cm³/mol. The molecule has 0 aliphatic carbocycles. The Morgan fingerprint density at radius 3 is 2.46 bits per heavy atom. The Morgan fingerprint density at radius 2 is 1.92 bits per heavy atom. The molecule has 0 bridgehead atoms. The second-order valence-electron chi connectivity index (χ2n) is 2.37. The fourth-order valence-electron chi connectivity index (χ4n) is 0.734. The Morgan fingerprint density at radius 1 is 1.31 bits per heavy atom. The van der Waals surface area contributed by atoms with Crippen molar-refractivity contribution in [2.24, 2.45) is 0 Å². The smallest absolute Gasteiger partial charge is 0.175 e. The summed E-state index contributed by atoms with van der Waals surface area (Å²) in [5.41, 5.74) is 0. The molecule has 4 heteroatoms. The van der Waals surface area contributed by atoms with E-state index >= 15 is 0 Å². The van der Waals surface area contributed by atoms with Crippen LogP contribution in [0.15, 0.2) is 35.2 Å². The molecule has 0 heterocycles. The van der Waals surface area contributed by atoms with Gasteiger partial charge in [-0.3, -0.25) is 4.79 Å². The Hall–Kier alpha value is -0.180. The number of halogens is 2. The predicted octanol–water partition coefficient (Wildman–Crippen LogP) is 3.15. The molecular formula is C9H8Cl2OS. The monoisotopic (exact) mass is 234 g/mol. The average molecular weight is 235 g/mol. The van der Waals surface area contributed by atoms with Crippen LogP contribution in [0.25, 0.3) is 0 Å². The van der Waals surface area contributed by atoms with Gasteiger partial charge in [-0.1, -0.05) is 41.4 Å². The molecule has 13 heavy (non-hydrogen) atoms. The lowest BCUT2D eigenvalue weighted by atomic mass is 10.4. The molecule has 1 nitrogen and oxygen atoms in total.